The molecule has 1 radical (unpaired) electrons. The second-order valence-corrected chi connectivity index (χ2v) is 2.52. The van der Waals surface area contributed by atoms with Crippen LogP contribution >= 0.6 is 0 Å². The van der Waals surface area contributed by atoms with E-state index >= 15 is 0 Å². The molecule has 1 aromatic heterocycles. The predicted molar refractivity (Wildman–Crippen MR) is 44.8 cm³/mol. The zero-order chi connectivity index (χ0) is 9.10. The largest absolute Gasteiger partial charge is 0.508 e. The highest BCUT2D eigenvalue weighted by Crippen LogP contribution is 2.12. The number of hydrogen-bond acceptors (Lipinski definition) is 4. The maximum atomic E-state index is 9.02. The summed E-state index contributed by atoms with van der Waals surface area (Å²) in [5, 5.41) is 22.2. The molecule has 0 saturated heterocycles. The number of phenolic OH excluding ortho intramolecular Hbond substituents is 1. The Morgan fingerprint density at radius 2 is 2.00 bits per heavy atom. The lowest BCUT2D eigenvalue weighted by Crippen LogP contribution is -1.87. The molecule has 0 spiro atoms. The van der Waals surface area contributed by atoms with Crippen LogP contribution in [0.1, 0.15) is 11.4 Å². The zero-order valence-corrected chi connectivity index (χ0v) is 6.68. The fraction of sp³-hybridized carbons (Fsp3) is 0. The van der Waals surface area contributed by atoms with Gasteiger partial charge in [0.15, 0.2) is 5.82 Å². The molecule has 2 rings (SSSR count). The van der Waals surface area contributed by atoms with Crippen LogP contribution in [0, 0.1) is 6.42 Å². The molecule has 0 atom stereocenters. The Bertz CT molecular complexity index is 368. The molecule has 5 nitrogen and oxygen atoms in total. The van der Waals surface area contributed by atoms with Crippen LogP contribution in [-0.2, 0) is 0 Å². The number of nitrogens with one attached hydrogen (secondary N) is 1. The van der Waals surface area contributed by atoms with Crippen molar-refractivity contribution in [3.05, 3.63) is 42.1 Å². The molecule has 0 amide bonds. The summed E-state index contributed by atoms with van der Waals surface area (Å²) in [6.45, 7) is 0. The van der Waals surface area contributed by atoms with Crippen molar-refractivity contribution in [3.63, 3.8) is 0 Å². The molecule has 0 saturated carbocycles. The Morgan fingerprint density at radius 1 is 1.23 bits per heavy atom. The first kappa shape index (κ1) is 7.72. The van der Waals surface area contributed by atoms with Gasteiger partial charge in [-0.15, -0.1) is 5.10 Å². The Labute approximate surface area is 74.4 Å². The molecule has 2 aromatic rings. The van der Waals surface area contributed by atoms with Gasteiger partial charge in [0, 0.05) is 0 Å². The minimum Gasteiger partial charge on any atom is -0.508 e. The van der Waals surface area contributed by atoms with Gasteiger partial charge in [0.2, 0.25) is 0 Å². The van der Waals surface area contributed by atoms with Crippen molar-refractivity contribution in [3.8, 4) is 5.75 Å². The van der Waals surface area contributed by atoms with Gasteiger partial charge in [-0.1, -0.05) is 12.1 Å². The van der Waals surface area contributed by atoms with E-state index in [0.29, 0.717) is 5.82 Å². The van der Waals surface area contributed by atoms with E-state index in [1.165, 1.54) is 0 Å². The lowest BCUT2D eigenvalue weighted by Gasteiger charge is -1.96. The van der Waals surface area contributed by atoms with E-state index in [1.807, 2.05) is 0 Å². The number of aromatic amines is 1. The number of rotatable bonds is 2. The normalized spacial score (nSPS) is 10.2. The summed E-state index contributed by atoms with van der Waals surface area (Å²) in [5.74, 6) is 0.832. The van der Waals surface area contributed by atoms with Crippen molar-refractivity contribution in [2.75, 3.05) is 0 Å². The lowest BCUT2D eigenvalue weighted by atomic mass is 10.1. The van der Waals surface area contributed by atoms with Gasteiger partial charge >= 0.3 is 0 Å². The van der Waals surface area contributed by atoms with E-state index in [1.54, 1.807) is 30.7 Å². The molecule has 0 bridgehead atoms. The molecule has 65 valence electrons. The summed E-state index contributed by atoms with van der Waals surface area (Å²) in [6, 6.07) is 6.76. The van der Waals surface area contributed by atoms with Crippen LogP contribution in [0.5, 0.6) is 5.75 Å². The van der Waals surface area contributed by atoms with Gasteiger partial charge in [0.25, 0.3) is 0 Å². The minimum absolute atomic E-state index is 0.243. The van der Waals surface area contributed by atoms with E-state index in [9.17, 15) is 0 Å². The zero-order valence-electron chi connectivity index (χ0n) is 6.68. The second-order valence-electron chi connectivity index (χ2n) is 2.52. The fourth-order valence-electron chi connectivity index (χ4n) is 0.956. The maximum absolute atomic E-state index is 9.02. The monoisotopic (exact) mass is 175 g/mol. The quantitative estimate of drug-likeness (QED) is 0.697. The second kappa shape index (κ2) is 3.22. The lowest BCUT2D eigenvalue weighted by molar-refractivity contribution is 0.475. The first-order valence-electron chi connectivity index (χ1n) is 3.72. The van der Waals surface area contributed by atoms with Crippen LogP contribution in [-0.4, -0.2) is 25.7 Å². The molecule has 0 fully saturated rings. The summed E-state index contributed by atoms with van der Waals surface area (Å²) in [7, 11) is 0. The molecule has 0 aliphatic heterocycles. The van der Waals surface area contributed by atoms with Gasteiger partial charge in [0.05, 0.1) is 6.42 Å². The number of tetrazole rings is 1. The number of nitrogens with zero attached hydrogens (tertiary/aromatic N) is 3. The van der Waals surface area contributed by atoms with E-state index in [0.717, 1.165) is 5.56 Å². The smallest absolute Gasteiger partial charge is 0.157 e. The van der Waals surface area contributed by atoms with Crippen molar-refractivity contribution in [2.24, 2.45) is 0 Å². The highest BCUT2D eigenvalue weighted by atomic mass is 16.3. The predicted octanol–water partition coefficient (Wildman–Crippen LogP) is 0.506. The number of H-pyrrole nitrogens is 1. The molecular weight excluding hydrogens is 168 g/mol. The number of aromatic nitrogens is 4. The van der Waals surface area contributed by atoms with E-state index in [-0.39, 0.29) is 5.75 Å². The van der Waals surface area contributed by atoms with Crippen LogP contribution in [0.3, 0.4) is 0 Å². The summed E-state index contributed by atoms with van der Waals surface area (Å²) >= 11 is 0. The Morgan fingerprint density at radius 3 is 2.62 bits per heavy atom. The van der Waals surface area contributed by atoms with Gasteiger partial charge in [0.1, 0.15) is 5.75 Å². The van der Waals surface area contributed by atoms with Crippen molar-refractivity contribution in [1.82, 2.24) is 20.6 Å². The average Bonchev–Trinajstić information content (AvgIpc) is 2.62. The Kier molecular flexibility index (Phi) is 1.91. The number of phenols is 1. The fourth-order valence-corrected chi connectivity index (χ4v) is 0.956. The Hall–Kier alpha value is -1.91. The van der Waals surface area contributed by atoms with Crippen LogP contribution in [0.25, 0.3) is 0 Å². The first-order chi connectivity index (χ1) is 6.34. The molecule has 5 heteroatoms. The standard InChI is InChI=1S/C8H7N4O/c13-7-3-1-6(2-4-7)5-8-9-11-12-10-8/h1-5,13H,(H,9,10,11,12). The van der Waals surface area contributed by atoms with Gasteiger partial charge in [-0.25, -0.2) is 5.10 Å². The molecule has 1 aromatic carbocycles. The van der Waals surface area contributed by atoms with Crippen molar-refractivity contribution >= 4 is 0 Å². The Balaban J connectivity index is 2.15. The van der Waals surface area contributed by atoms with Crippen LogP contribution in [0.2, 0.25) is 0 Å². The molecule has 0 aliphatic rings. The SMILES string of the molecule is Oc1ccc([CH]c2nnn[nH]2)cc1. The van der Waals surface area contributed by atoms with E-state index in [2.05, 4.69) is 20.6 Å². The molecule has 0 unspecified atom stereocenters. The highest BCUT2D eigenvalue weighted by molar-refractivity contribution is 5.33. The van der Waals surface area contributed by atoms with Gasteiger partial charge in [-0.3, -0.25) is 0 Å². The maximum Gasteiger partial charge on any atom is 0.157 e. The first-order valence-corrected chi connectivity index (χ1v) is 3.72. The summed E-state index contributed by atoms with van der Waals surface area (Å²) in [6.07, 6.45) is 1.78. The third kappa shape index (κ3) is 1.81. The van der Waals surface area contributed by atoms with Gasteiger partial charge in [-0.05, 0) is 28.1 Å². The molecule has 13 heavy (non-hydrogen) atoms. The highest BCUT2D eigenvalue weighted by Gasteiger charge is 1.99. The summed E-state index contributed by atoms with van der Waals surface area (Å²) in [4.78, 5) is 0. The molecule has 0 aliphatic carbocycles. The third-order valence-electron chi connectivity index (χ3n) is 1.56. The van der Waals surface area contributed by atoms with Crippen LogP contribution in [0.15, 0.2) is 24.3 Å². The van der Waals surface area contributed by atoms with E-state index < -0.39 is 0 Å². The van der Waals surface area contributed by atoms with Gasteiger partial charge < -0.3 is 5.11 Å². The van der Waals surface area contributed by atoms with Gasteiger partial charge in [-0.2, -0.15) is 0 Å². The molecule has 1 heterocycles. The topological polar surface area (TPSA) is 74.7 Å². The summed E-state index contributed by atoms with van der Waals surface area (Å²) < 4.78 is 0. The number of hydrogen-bond donors (Lipinski definition) is 2. The van der Waals surface area contributed by atoms with Crippen LogP contribution in [0.4, 0.5) is 0 Å². The van der Waals surface area contributed by atoms with E-state index in [4.69, 9.17) is 5.11 Å². The third-order valence-corrected chi connectivity index (χ3v) is 1.56. The average molecular weight is 175 g/mol. The van der Waals surface area contributed by atoms with Crippen molar-refractivity contribution < 1.29 is 5.11 Å². The molecule has 2 N–H and O–H groups in total. The number of aromatic hydroxyl groups is 1. The van der Waals surface area contributed by atoms with Crippen molar-refractivity contribution in [2.45, 2.75) is 0 Å². The molecular formula is C8H7N4O. The van der Waals surface area contributed by atoms with Crippen LogP contribution < -0.4 is 0 Å². The summed E-state index contributed by atoms with van der Waals surface area (Å²) in [5.41, 5.74) is 0.927. The number of benzene rings is 1. The minimum atomic E-state index is 0.243. The van der Waals surface area contributed by atoms with Crippen molar-refractivity contribution in [1.29, 1.82) is 0 Å².